The molecular weight excluding hydrogens is 348 g/mol. The fourth-order valence-corrected chi connectivity index (χ4v) is 4.24. The highest BCUT2D eigenvalue weighted by Crippen LogP contribution is 2.50. The normalized spacial score (nSPS) is 23.6. The first-order valence-corrected chi connectivity index (χ1v) is 9.16. The van der Waals surface area contributed by atoms with Gasteiger partial charge < -0.3 is 19.5 Å². The molecule has 1 fully saturated rings. The highest BCUT2D eigenvalue weighted by atomic mass is 32.1. The molecule has 1 saturated heterocycles. The Balaban J connectivity index is 1.82. The summed E-state index contributed by atoms with van der Waals surface area (Å²) in [7, 11) is 1.66. The molecule has 0 amide bonds. The van der Waals surface area contributed by atoms with Gasteiger partial charge in [-0.3, -0.25) is 4.90 Å². The van der Waals surface area contributed by atoms with Crippen LogP contribution in [-0.4, -0.2) is 24.6 Å². The first-order valence-electron chi connectivity index (χ1n) is 8.76. The molecule has 0 unspecified atom stereocenters. The number of hydrogen-bond donors (Lipinski definition) is 1. The number of methoxy groups -OCH3 is 1. The Morgan fingerprint density at radius 1 is 1.23 bits per heavy atom. The second-order valence-electron chi connectivity index (χ2n) is 6.60. The standard InChI is InChI=1S/C20H22N2O3S/c1-4-24-16-10-6-5-9-15(16)22-19(26)21-14-12-20(22,2)25-18-13(14)8-7-11-17(18)23-3/h5-11,14H,4,12H2,1-3H3,(H,21,26)/t14-,20+/m0/s1. The lowest BCUT2D eigenvalue weighted by atomic mass is 9.90. The van der Waals surface area contributed by atoms with Crippen molar-refractivity contribution in [2.75, 3.05) is 18.6 Å². The summed E-state index contributed by atoms with van der Waals surface area (Å²) in [6.45, 7) is 4.62. The summed E-state index contributed by atoms with van der Waals surface area (Å²) in [5, 5.41) is 4.09. The minimum absolute atomic E-state index is 0.0851. The number of para-hydroxylation sites is 3. The van der Waals surface area contributed by atoms with Gasteiger partial charge >= 0.3 is 0 Å². The van der Waals surface area contributed by atoms with E-state index in [1.165, 1.54) is 0 Å². The van der Waals surface area contributed by atoms with Crippen molar-refractivity contribution in [1.82, 2.24) is 5.32 Å². The van der Waals surface area contributed by atoms with Crippen LogP contribution < -0.4 is 24.4 Å². The summed E-state index contributed by atoms with van der Waals surface area (Å²) in [6, 6.07) is 13.9. The SMILES string of the molecule is CCOc1ccccc1N1C(=S)N[C@H]2C[C@@]1(C)Oc1c(OC)cccc12. The van der Waals surface area contributed by atoms with Crippen molar-refractivity contribution >= 4 is 23.0 Å². The Kier molecular flexibility index (Phi) is 4.15. The number of fused-ring (bicyclic) bond motifs is 4. The number of hydrogen-bond acceptors (Lipinski definition) is 4. The van der Waals surface area contributed by atoms with Gasteiger partial charge in [0.1, 0.15) is 5.75 Å². The van der Waals surface area contributed by atoms with Crippen LogP contribution in [0.2, 0.25) is 0 Å². The molecule has 1 N–H and O–H groups in total. The third-order valence-corrected chi connectivity index (χ3v) is 5.19. The second-order valence-corrected chi connectivity index (χ2v) is 6.98. The highest BCUT2D eigenvalue weighted by molar-refractivity contribution is 7.80. The van der Waals surface area contributed by atoms with Crippen LogP contribution in [0.5, 0.6) is 17.2 Å². The number of benzene rings is 2. The monoisotopic (exact) mass is 370 g/mol. The lowest BCUT2D eigenvalue weighted by Gasteiger charge is -2.52. The van der Waals surface area contributed by atoms with Crippen molar-refractivity contribution in [3.8, 4) is 17.2 Å². The van der Waals surface area contributed by atoms with Crippen LogP contribution in [0.4, 0.5) is 5.69 Å². The fraction of sp³-hybridized carbons (Fsp3) is 0.350. The minimum atomic E-state index is -0.637. The minimum Gasteiger partial charge on any atom is -0.493 e. The van der Waals surface area contributed by atoms with Gasteiger partial charge in [0.05, 0.1) is 25.4 Å². The average Bonchev–Trinajstić information content (AvgIpc) is 2.62. The van der Waals surface area contributed by atoms with Crippen LogP contribution in [-0.2, 0) is 0 Å². The molecule has 2 aliphatic heterocycles. The molecule has 5 nitrogen and oxygen atoms in total. The van der Waals surface area contributed by atoms with E-state index in [-0.39, 0.29) is 6.04 Å². The molecule has 26 heavy (non-hydrogen) atoms. The van der Waals surface area contributed by atoms with Crippen LogP contribution in [0.1, 0.15) is 31.9 Å². The van der Waals surface area contributed by atoms with Gasteiger partial charge in [-0.25, -0.2) is 0 Å². The van der Waals surface area contributed by atoms with Gasteiger partial charge in [-0.1, -0.05) is 24.3 Å². The molecule has 0 saturated carbocycles. The fourth-order valence-electron chi connectivity index (χ4n) is 3.81. The van der Waals surface area contributed by atoms with Gasteiger partial charge in [-0.05, 0) is 44.3 Å². The summed E-state index contributed by atoms with van der Waals surface area (Å²) in [5.74, 6) is 2.28. The molecular formula is C20H22N2O3S. The topological polar surface area (TPSA) is 43.0 Å². The Hall–Kier alpha value is -2.47. The Bertz CT molecular complexity index is 857. The maximum atomic E-state index is 6.50. The zero-order chi connectivity index (χ0) is 18.3. The first kappa shape index (κ1) is 17.0. The summed E-state index contributed by atoms with van der Waals surface area (Å²) in [4.78, 5) is 2.01. The summed E-state index contributed by atoms with van der Waals surface area (Å²) in [5.41, 5.74) is 1.33. The van der Waals surface area contributed by atoms with Gasteiger partial charge in [0.2, 0.25) is 0 Å². The number of rotatable bonds is 4. The quantitative estimate of drug-likeness (QED) is 0.820. The smallest absolute Gasteiger partial charge is 0.188 e. The molecule has 2 aromatic rings. The Morgan fingerprint density at radius 3 is 2.77 bits per heavy atom. The lowest BCUT2D eigenvalue weighted by molar-refractivity contribution is 0.0460. The van der Waals surface area contributed by atoms with Gasteiger partial charge in [0.15, 0.2) is 22.3 Å². The summed E-state index contributed by atoms with van der Waals surface area (Å²) in [6.07, 6.45) is 0.758. The number of nitrogens with one attached hydrogen (secondary N) is 1. The van der Waals surface area contributed by atoms with E-state index in [1.807, 2.05) is 48.2 Å². The van der Waals surface area contributed by atoms with E-state index in [4.69, 9.17) is 26.4 Å². The van der Waals surface area contributed by atoms with Crippen molar-refractivity contribution in [3.05, 3.63) is 48.0 Å². The number of anilines is 1. The van der Waals surface area contributed by atoms with E-state index in [9.17, 15) is 0 Å². The molecule has 136 valence electrons. The second kappa shape index (κ2) is 6.36. The Morgan fingerprint density at radius 2 is 2.00 bits per heavy atom. The molecule has 2 heterocycles. The van der Waals surface area contributed by atoms with E-state index in [1.54, 1.807) is 7.11 Å². The molecule has 0 radical (unpaired) electrons. The Labute approximate surface area is 158 Å². The molecule has 4 rings (SSSR count). The molecule has 2 aromatic carbocycles. The lowest BCUT2D eigenvalue weighted by Crippen LogP contribution is -2.65. The van der Waals surface area contributed by atoms with Gasteiger partial charge in [0.25, 0.3) is 0 Å². The van der Waals surface area contributed by atoms with Crippen molar-refractivity contribution < 1.29 is 14.2 Å². The summed E-state index contributed by atoms with van der Waals surface area (Å²) < 4.78 is 17.9. The van der Waals surface area contributed by atoms with Crippen molar-refractivity contribution in [2.45, 2.75) is 32.0 Å². The maximum absolute atomic E-state index is 6.50. The maximum Gasteiger partial charge on any atom is 0.188 e. The highest BCUT2D eigenvalue weighted by Gasteiger charge is 2.49. The zero-order valence-corrected chi connectivity index (χ0v) is 15.9. The van der Waals surface area contributed by atoms with Crippen LogP contribution >= 0.6 is 12.2 Å². The zero-order valence-electron chi connectivity index (χ0n) is 15.1. The van der Waals surface area contributed by atoms with E-state index in [0.717, 1.165) is 34.9 Å². The van der Waals surface area contributed by atoms with E-state index in [2.05, 4.69) is 18.3 Å². The van der Waals surface area contributed by atoms with Crippen LogP contribution in [0, 0.1) is 0 Å². The molecule has 2 aliphatic rings. The average molecular weight is 370 g/mol. The number of nitrogens with zero attached hydrogens (tertiary/aromatic N) is 1. The summed E-state index contributed by atoms with van der Waals surface area (Å²) >= 11 is 5.72. The van der Waals surface area contributed by atoms with E-state index in [0.29, 0.717) is 11.7 Å². The number of ether oxygens (including phenoxy) is 3. The molecule has 0 aromatic heterocycles. The van der Waals surface area contributed by atoms with E-state index < -0.39 is 5.72 Å². The molecule has 2 bridgehead atoms. The van der Waals surface area contributed by atoms with Crippen LogP contribution in [0.3, 0.4) is 0 Å². The van der Waals surface area contributed by atoms with Crippen molar-refractivity contribution in [3.63, 3.8) is 0 Å². The third kappa shape index (κ3) is 2.56. The van der Waals surface area contributed by atoms with Crippen LogP contribution in [0.15, 0.2) is 42.5 Å². The van der Waals surface area contributed by atoms with Gasteiger partial charge in [-0.2, -0.15) is 0 Å². The van der Waals surface area contributed by atoms with E-state index >= 15 is 0 Å². The van der Waals surface area contributed by atoms with Gasteiger partial charge in [0, 0.05) is 12.0 Å². The predicted molar refractivity (Wildman–Crippen MR) is 105 cm³/mol. The van der Waals surface area contributed by atoms with Gasteiger partial charge in [-0.15, -0.1) is 0 Å². The molecule has 2 atom stereocenters. The van der Waals surface area contributed by atoms with Crippen molar-refractivity contribution in [1.29, 1.82) is 0 Å². The first-order chi connectivity index (χ1) is 12.6. The van der Waals surface area contributed by atoms with Crippen molar-refractivity contribution in [2.24, 2.45) is 0 Å². The molecule has 0 aliphatic carbocycles. The molecule has 6 heteroatoms. The largest absolute Gasteiger partial charge is 0.493 e. The van der Waals surface area contributed by atoms with Crippen LogP contribution in [0.25, 0.3) is 0 Å². The molecule has 0 spiro atoms. The third-order valence-electron chi connectivity index (χ3n) is 4.89. The number of thiocarbonyl (C=S) groups is 1. The predicted octanol–water partition coefficient (Wildman–Crippen LogP) is 4.03.